The van der Waals surface area contributed by atoms with Crippen molar-refractivity contribution in [1.29, 1.82) is 0 Å². The Labute approximate surface area is 110 Å². The van der Waals surface area contributed by atoms with Crippen LogP contribution in [0.15, 0.2) is 42.7 Å². The van der Waals surface area contributed by atoms with E-state index < -0.39 is 0 Å². The van der Waals surface area contributed by atoms with Crippen LogP contribution in [0.4, 0.5) is 5.69 Å². The fourth-order valence-electron chi connectivity index (χ4n) is 1.42. The van der Waals surface area contributed by atoms with Gasteiger partial charge < -0.3 is 11.1 Å². The van der Waals surface area contributed by atoms with Crippen LogP contribution in [-0.4, -0.2) is 22.6 Å². The molecular formula is C14H12N4O. The van der Waals surface area contributed by atoms with E-state index in [0.717, 1.165) is 5.56 Å². The van der Waals surface area contributed by atoms with Gasteiger partial charge in [-0.2, -0.15) is 10.2 Å². The third kappa shape index (κ3) is 3.63. The topological polar surface area (TPSA) is 80.9 Å². The lowest BCUT2D eigenvalue weighted by atomic mass is 10.2. The van der Waals surface area contributed by atoms with Gasteiger partial charge in [0.1, 0.15) is 0 Å². The molecule has 94 valence electrons. The maximum absolute atomic E-state index is 11.8. The Morgan fingerprint density at radius 1 is 1.21 bits per heavy atom. The van der Waals surface area contributed by atoms with Crippen molar-refractivity contribution in [1.82, 2.24) is 10.2 Å². The molecule has 5 nitrogen and oxygen atoms in total. The number of hydrogen-bond donors (Lipinski definition) is 2. The summed E-state index contributed by atoms with van der Waals surface area (Å²) in [7, 11) is 0. The number of carbonyl (C=O) groups is 1. The highest BCUT2D eigenvalue weighted by molar-refractivity contribution is 6.03. The van der Waals surface area contributed by atoms with E-state index in [-0.39, 0.29) is 5.91 Å². The lowest BCUT2D eigenvalue weighted by Gasteiger charge is -2.04. The molecule has 5 heteroatoms. The Kier molecular flexibility index (Phi) is 4.21. The predicted octanol–water partition coefficient (Wildman–Crippen LogP) is 1.04. The van der Waals surface area contributed by atoms with Gasteiger partial charge in [0.2, 0.25) is 0 Å². The average molecular weight is 252 g/mol. The van der Waals surface area contributed by atoms with Crippen LogP contribution in [0.25, 0.3) is 0 Å². The molecule has 1 amide bonds. The molecule has 0 spiro atoms. The number of anilines is 1. The molecule has 2 aromatic rings. The summed E-state index contributed by atoms with van der Waals surface area (Å²) in [6.07, 6.45) is 2.89. The molecular weight excluding hydrogens is 240 g/mol. The lowest BCUT2D eigenvalue weighted by Crippen LogP contribution is -2.12. The Morgan fingerprint density at radius 2 is 2.00 bits per heavy atom. The van der Waals surface area contributed by atoms with Crippen molar-refractivity contribution in [3.8, 4) is 11.8 Å². The van der Waals surface area contributed by atoms with Crippen molar-refractivity contribution >= 4 is 11.6 Å². The van der Waals surface area contributed by atoms with Crippen LogP contribution < -0.4 is 11.1 Å². The standard InChI is InChI=1S/C14H12N4O/c15-8-1-2-11-3-5-13(6-4-11)18-14(19)12-7-9-16-17-10-12/h3-7,9-10H,8,15H2,(H,18,19). The number of nitrogens with one attached hydrogen (secondary N) is 1. The molecule has 0 saturated carbocycles. The number of nitrogens with two attached hydrogens (primary N) is 1. The van der Waals surface area contributed by atoms with E-state index in [0.29, 0.717) is 17.8 Å². The second kappa shape index (κ2) is 6.28. The number of benzene rings is 1. The van der Waals surface area contributed by atoms with Gasteiger partial charge in [-0.25, -0.2) is 0 Å². The van der Waals surface area contributed by atoms with E-state index in [9.17, 15) is 4.79 Å². The first-order valence-corrected chi connectivity index (χ1v) is 5.66. The quantitative estimate of drug-likeness (QED) is 0.782. The number of amides is 1. The molecule has 19 heavy (non-hydrogen) atoms. The molecule has 0 aliphatic rings. The monoisotopic (exact) mass is 252 g/mol. The Morgan fingerprint density at radius 3 is 2.63 bits per heavy atom. The van der Waals surface area contributed by atoms with Gasteiger partial charge in [0.15, 0.2) is 0 Å². The SMILES string of the molecule is NCC#Cc1ccc(NC(=O)c2ccnnc2)cc1. The Hall–Kier alpha value is -2.71. The first-order valence-electron chi connectivity index (χ1n) is 5.66. The van der Waals surface area contributed by atoms with E-state index in [1.807, 2.05) is 12.1 Å². The van der Waals surface area contributed by atoms with Crippen molar-refractivity contribution in [2.24, 2.45) is 5.73 Å². The minimum atomic E-state index is -0.226. The Bertz CT molecular complexity index is 611. The number of nitrogens with zero attached hydrogens (tertiary/aromatic N) is 2. The van der Waals surface area contributed by atoms with Crippen LogP contribution in [0.3, 0.4) is 0 Å². The van der Waals surface area contributed by atoms with Gasteiger partial charge in [0.05, 0.1) is 24.5 Å². The first kappa shape index (κ1) is 12.7. The summed E-state index contributed by atoms with van der Waals surface area (Å²) in [6.45, 7) is 0.327. The largest absolute Gasteiger partial charge is 0.322 e. The van der Waals surface area contributed by atoms with Gasteiger partial charge in [0.25, 0.3) is 5.91 Å². The highest BCUT2D eigenvalue weighted by atomic mass is 16.1. The third-order valence-corrected chi connectivity index (χ3v) is 2.32. The van der Waals surface area contributed by atoms with Crippen LogP contribution >= 0.6 is 0 Å². The summed E-state index contributed by atoms with van der Waals surface area (Å²) in [5.41, 5.74) is 7.31. The van der Waals surface area contributed by atoms with Crippen molar-refractivity contribution in [2.75, 3.05) is 11.9 Å². The number of carbonyl (C=O) groups excluding carboxylic acids is 1. The molecule has 0 radical (unpaired) electrons. The number of aromatic nitrogens is 2. The molecule has 0 atom stereocenters. The molecule has 1 aromatic heterocycles. The minimum Gasteiger partial charge on any atom is -0.322 e. The fraction of sp³-hybridized carbons (Fsp3) is 0.0714. The molecule has 1 heterocycles. The second-order valence-electron chi connectivity index (χ2n) is 3.67. The zero-order valence-corrected chi connectivity index (χ0v) is 10.1. The molecule has 0 unspecified atom stereocenters. The van der Waals surface area contributed by atoms with Gasteiger partial charge in [-0.3, -0.25) is 4.79 Å². The van der Waals surface area contributed by atoms with Crippen LogP contribution in [0, 0.1) is 11.8 Å². The van der Waals surface area contributed by atoms with E-state index in [1.165, 1.54) is 12.4 Å². The van der Waals surface area contributed by atoms with Crippen molar-refractivity contribution in [3.63, 3.8) is 0 Å². The van der Waals surface area contributed by atoms with E-state index >= 15 is 0 Å². The predicted molar refractivity (Wildman–Crippen MR) is 72.4 cm³/mol. The molecule has 0 bridgehead atoms. The van der Waals surface area contributed by atoms with Gasteiger partial charge in [-0.05, 0) is 30.3 Å². The minimum absolute atomic E-state index is 0.226. The normalized spacial score (nSPS) is 9.32. The molecule has 2 rings (SSSR count). The molecule has 0 fully saturated rings. The highest BCUT2D eigenvalue weighted by Gasteiger charge is 2.05. The van der Waals surface area contributed by atoms with Crippen molar-refractivity contribution in [2.45, 2.75) is 0 Å². The van der Waals surface area contributed by atoms with Crippen LogP contribution in [-0.2, 0) is 0 Å². The van der Waals surface area contributed by atoms with Crippen LogP contribution in [0.5, 0.6) is 0 Å². The van der Waals surface area contributed by atoms with Crippen molar-refractivity contribution in [3.05, 3.63) is 53.9 Å². The Balaban J connectivity index is 2.06. The molecule has 0 saturated heterocycles. The second-order valence-corrected chi connectivity index (χ2v) is 3.67. The highest BCUT2D eigenvalue weighted by Crippen LogP contribution is 2.10. The van der Waals surface area contributed by atoms with Crippen molar-refractivity contribution < 1.29 is 4.79 Å². The smallest absolute Gasteiger partial charge is 0.257 e. The molecule has 0 aliphatic heterocycles. The van der Waals surface area contributed by atoms with E-state index in [2.05, 4.69) is 27.4 Å². The molecule has 0 aliphatic carbocycles. The first-order chi connectivity index (χ1) is 9.29. The van der Waals surface area contributed by atoms with E-state index in [1.54, 1.807) is 18.2 Å². The van der Waals surface area contributed by atoms with E-state index in [4.69, 9.17) is 5.73 Å². The zero-order valence-electron chi connectivity index (χ0n) is 10.1. The lowest BCUT2D eigenvalue weighted by molar-refractivity contribution is 0.102. The maximum Gasteiger partial charge on any atom is 0.257 e. The average Bonchev–Trinajstić information content (AvgIpc) is 2.47. The van der Waals surface area contributed by atoms with Crippen LogP contribution in [0.2, 0.25) is 0 Å². The summed E-state index contributed by atoms with van der Waals surface area (Å²) in [5.74, 6) is 5.45. The molecule has 3 N–H and O–H groups in total. The third-order valence-electron chi connectivity index (χ3n) is 2.32. The summed E-state index contributed by atoms with van der Waals surface area (Å²) in [5, 5.41) is 10.0. The van der Waals surface area contributed by atoms with Crippen LogP contribution in [0.1, 0.15) is 15.9 Å². The maximum atomic E-state index is 11.8. The van der Waals surface area contributed by atoms with Gasteiger partial charge in [-0.15, -0.1) is 0 Å². The summed E-state index contributed by atoms with van der Waals surface area (Å²) < 4.78 is 0. The fourth-order valence-corrected chi connectivity index (χ4v) is 1.42. The number of rotatable bonds is 2. The van der Waals surface area contributed by atoms with Gasteiger partial charge in [0, 0.05) is 11.3 Å². The summed E-state index contributed by atoms with van der Waals surface area (Å²) in [6, 6.07) is 8.82. The summed E-state index contributed by atoms with van der Waals surface area (Å²) in [4.78, 5) is 11.8. The zero-order chi connectivity index (χ0) is 13.5. The summed E-state index contributed by atoms with van der Waals surface area (Å²) >= 11 is 0. The number of hydrogen-bond acceptors (Lipinski definition) is 4. The van der Waals surface area contributed by atoms with Gasteiger partial charge >= 0.3 is 0 Å². The molecule has 1 aromatic carbocycles. The van der Waals surface area contributed by atoms with Gasteiger partial charge in [-0.1, -0.05) is 11.8 Å².